The molecule has 2 atom stereocenters. The van der Waals surface area contributed by atoms with Gasteiger partial charge >= 0.3 is 0 Å². The molecule has 0 radical (unpaired) electrons. The van der Waals surface area contributed by atoms with E-state index in [0.29, 0.717) is 10.8 Å². The van der Waals surface area contributed by atoms with Crippen LogP contribution < -0.4 is 0 Å². The Morgan fingerprint density at radius 2 is 2.17 bits per heavy atom. The maximum Gasteiger partial charge on any atom is 0.0811 e. The minimum Gasteiger partial charge on any atom is -0.287 e. The van der Waals surface area contributed by atoms with Crippen molar-refractivity contribution in [2.75, 3.05) is 0 Å². The van der Waals surface area contributed by atoms with Crippen LogP contribution in [0.4, 0.5) is 0 Å². The van der Waals surface area contributed by atoms with Crippen molar-refractivity contribution in [2.24, 2.45) is 21.7 Å². The average Bonchev–Trinajstić information content (AvgIpc) is 2.70. The number of aromatic nitrogens is 1. The molecule has 2 nitrogen and oxygen atoms in total. The van der Waals surface area contributed by atoms with Gasteiger partial charge in [-0.05, 0) is 42.7 Å². The first-order valence-electron chi connectivity index (χ1n) is 6.98. The molecule has 2 aliphatic carbocycles. The molecule has 0 amide bonds. The second-order valence-corrected chi connectivity index (χ2v) is 6.58. The zero-order valence-corrected chi connectivity index (χ0v) is 11.6. The lowest BCUT2D eigenvalue weighted by Gasteiger charge is -2.34. The number of rotatable bonds is 2. The summed E-state index contributed by atoms with van der Waals surface area (Å²) in [6.45, 7) is 8.01. The molecule has 0 aromatic carbocycles. The van der Waals surface area contributed by atoms with Gasteiger partial charge in [-0.25, -0.2) is 0 Å². The SMILES string of the molecule is CC1(C)C2CC[C@@]1(C)/C(=N\Cc1ccccn1)C2. The Bertz CT molecular complexity index is 475. The standard InChI is InChI=1S/C16H22N2/c1-15(2)12-7-8-16(15,3)14(10-12)18-11-13-6-4-5-9-17-13/h4-6,9,12H,7-8,10-11H2,1-3H3/b18-14-/t12?,16-/m0/s1. The summed E-state index contributed by atoms with van der Waals surface area (Å²) < 4.78 is 0. The van der Waals surface area contributed by atoms with Gasteiger partial charge in [-0.2, -0.15) is 0 Å². The second-order valence-electron chi connectivity index (χ2n) is 6.58. The molecule has 2 saturated carbocycles. The van der Waals surface area contributed by atoms with E-state index in [-0.39, 0.29) is 0 Å². The molecule has 2 aliphatic rings. The zero-order valence-electron chi connectivity index (χ0n) is 11.6. The monoisotopic (exact) mass is 242 g/mol. The van der Waals surface area contributed by atoms with E-state index in [4.69, 9.17) is 4.99 Å². The highest BCUT2D eigenvalue weighted by Crippen LogP contribution is 2.63. The Hall–Kier alpha value is -1.18. The molecule has 2 heteroatoms. The molecule has 0 saturated heterocycles. The van der Waals surface area contributed by atoms with Crippen molar-refractivity contribution in [2.45, 2.75) is 46.6 Å². The Morgan fingerprint density at radius 1 is 1.33 bits per heavy atom. The predicted octanol–water partition coefficient (Wildman–Crippen LogP) is 3.87. The van der Waals surface area contributed by atoms with E-state index in [0.717, 1.165) is 18.2 Å². The Labute approximate surface area is 110 Å². The Kier molecular flexibility index (Phi) is 2.58. The third-order valence-corrected chi connectivity index (χ3v) is 5.67. The molecule has 1 unspecified atom stereocenters. The summed E-state index contributed by atoms with van der Waals surface area (Å²) in [6, 6.07) is 6.05. The van der Waals surface area contributed by atoms with Crippen LogP contribution in [0.1, 0.15) is 45.7 Å². The van der Waals surface area contributed by atoms with Crippen molar-refractivity contribution in [1.29, 1.82) is 0 Å². The molecule has 1 aromatic rings. The third-order valence-electron chi connectivity index (χ3n) is 5.67. The van der Waals surface area contributed by atoms with E-state index in [9.17, 15) is 0 Å². The van der Waals surface area contributed by atoms with Crippen LogP contribution in [-0.2, 0) is 6.54 Å². The van der Waals surface area contributed by atoms with Gasteiger partial charge in [0, 0.05) is 17.3 Å². The van der Waals surface area contributed by atoms with Crippen LogP contribution in [0.5, 0.6) is 0 Å². The van der Waals surface area contributed by atoms with Crippen molar-refractivity contribution in [3.8, 4) is 0 Å². The van der Waals surface area contributed by atoms with Crippen LogP contribution in [0.15, 0.2) is 29.4 Å². The molecule has 18 heavy (non-hydrogen) atoms. The molecule has 2 bridgehead atoms. The van der Waals surface area contributed by atoms with Gasteiger partial charge < -0.3 is 0 Å². The van der Waals surface area contributed by atoms with Crippen LogP contribution in [0, 0.1) is 16.7 Å². The molecular weight excluding hydrogens is 220 g/mol. The van der Waals surface area contributed by atoms with Gasteiger partial charge in [-0.15, -0.1) is 0 Å². The van der Waals surface area contributed by atoms with Gasteiger partial charge in [-0.3, -0.25) is 9.98 Å². The van der Waals surface area contributed by atoms with Gasteiger partial charge in [-0.1, -0.05) is 26.8 Å². The predicted molar refractivity (Wildman–Crippen MR) is 74.6 cm³/mol. The number of hydrogen-bond donors (Lipinski definition) is 0. The highest BCUT2D eigenvalue weighted by Gasteiger charge is 2.59. The van der Waals surface area contributed by atoms with Gasteiger partial charge in [0.05, 0.1) is 12.2 Å². The summed E-state index contributed by atoms with van der Waals surface area (Å²) in [5.74, 6) is 0.838. The van der Waals surface area contributed by atoms with Gasteiger partial charge in [0.25, 0.3) is 0 Å². The van der Waals surface area contributed by atoms with Crippen molar-refractivity contribution >= 4 is 5.71 Å². The molecule has 2 fully saturated rings. The van der Waals surface area contributed by atoms with E-state index in [1.54, 1.807) is 0 Å². The zero-order chi connectivity index (χ0) is 12.8. The van der Waals surface area contributed by atoms with Crippen molar-refractivity contribution in [1.82, 2.24) is 4.98 Å². The van der Waals surface area contributed by atoms with Crippen molar-refractivity contribution in [3.05, 3.63) is 30.1 Å². The number of fused-ring (bicyclic) bond motifs is 2. The first-order chi connectivity index (χ1) is 8.54. The fourth-order valence-corrected chi connectivity index (χ4v) is 3.84. The number of pyridine rings is 1. The highest BCUT2D eigenvalue weighted by molar-refractivity contribution is 5.94. The lowest BCUT2D eigenvalue weighted by Crippen LogP contribution is -2.32. The maximum atomic E-state index is 4.90. The number of aliphatic imine (C=N–C) groups is 1. The molecule has 3 rings (SSSR count). The molecule has 0 aliphatic heterocycles. The van der Waals surface area contributed by atoms with Crippen LogP contribution in [0.25, 0.3) is 0 Å². The topological polar surface area (TPSA) is 25.2 Å². The quantitative estimate of drug-likeness (QED) is 0.773. The average molecular weight is 242 g/mol. The van der Waals surface area contributed by atoms with E-state index >= 15 is 0 Å². The largest absolute Gasteiger partial charge is 0.287 e. The summed E-state index contributed by atoms with van der Waals surface area (Å²) in [5, 5.41) is 0. The van der Waals surface area contributed by atoms with Crippen molar-refractivity contribution < 1.29 is 0 Å². The van der Waals surface area contributed by atoms with Gasteiger partial charge in [0.1, 0.15) is 0 Å². The second kappa shape index (κ2) is 3.91. The lowest BCUT2D eigenvalue weighted by atomic mass is 9.70. The molecule has 96 valence electrons. The highest BCUT2D eigenvalue weighted by atomic mass is 14.8. The first kappa shape index (κ1) is 11.9. The lowest BCUT2D eigenvalue weighted by molar-refractivity contribution is 0.193. The van der Waals surface area contributed by atoms with Crippen LogP contribution in [0.2, 0.25) is 0 Å². The van der Waals surface area contributed by atoms with Crippen LogP contribution in [-0.4, -0.2) is 10.7 Å². The summed E-state index contributed by atoms with van der Waals surface area (Å²) in [7, 11) is 0. The summed E-state index contributed by atoms with van der Waals surface area (Å²) in [4.78, 5) is 9.25. The minimum atomic E-state index is 0.326. The first-order valence-corrected chi connectivity index (χ1v) is 6.98. The molecular formula is C16H22N2. The third kappa shape index (κ3) is 1.54. The number of nitrogens with zero attached hydrogens (tertiary/aromatic N) is 2. The summed E-state index contributed by atoms with van der Waals surface area (Å²) in [6.07, 6.45) is 5.75. The summed E-state index contributed by atoms with van der Waals surface area (Å²) in [5.41, 5.74) is 3.27. The normalized spacial score (nSPS) is 35.3. The Balaban J connectivity index is 1.83. The smallest absolute Gasteiger partial charge is 0.0811 e. The summed E-state index contributed by atoms with van der Waals surface area (Å²) >= 11 is 0. The number of hydrogen-bond acceptors (Lipinski definition) is 2. The molecule has 0 spiro atoms. The van der Waals surface area contributed by atoms with Gasteiger partial charge in [0.15, 0.2) is 0 Å². The molecule has 0 N–H and O–H groups in total. The fourth-order valence-electron chi connectivity index (χ4n) is 3.84. The van der Waals surface area contributed by atoms with Crippen molar-refractivity contribution in [3.63, 3.8) is 0 Å². The van der Waals surface area contributed by atoms with Crippen LogP contribution >= 0.6 is 0 Å². The van der Waals surface area contributed by atoms with E-state index in [1.165, 1.54) is 25.0 Å². The minimum absolute atomic E-state index is 0.326. The van der Waals surface area contributed by atoms with Crippen LogP contribution in [0.3, 0.4) is 0 Å². The molecule has 1 aromatic heterocycles. The Morgan fingerprint density at radius 3 is 2.72 bits per heavy atom. The van der Waals surface area contributed by atoms with E-state index in [1.807, 2.05) is 18.3 Å². The molecule has 1 heterocycles. The van der Waals surface area contributed by atoms with E-state index < -0.39 is 0 Å². The fraction of sp³-hybridized carbons (Fsp3) is 0.625. The van der Waals surface area contributed by atoms with Gasteiger partial charge in [0.2, 0.25) is 0 Å². The van der Waals surface area contributed by atoms with E-state index in [2.05, 4.69) is 31.8 Å². The maximum absolute atomic E-state index is 4.90.